The molecule has 7 heteroatoms. The van der Waals surface area contributed by atoms with E-state index in [2.05, 4.69) is 5.32 Å². The fourth-order valence-corrected chi connectivity index (χ4v) is 4.89. The fraction of sp³-hybridized carbons (Fsp3) is 0.846. The molecule has 3 N–H and O–H groups in total. The number of hydrogen-bond donors (Lipinski definition) is 2. The second kappa shape index (κ2) is 5.97. The Hall–Kier alpha value is -0.690. The van der Waals surface area contributed by atoms with Crippen LogP contribution in [0.3, 0.4) is 0 Å². The predicted octanol–water partition coefficient (Wildman–Crippen LogP) is 0.916. The Bertz CT molecular complexity index is 482. The van der Waals surface area contributed by atoms with Gasteiger partial charge < -0.3 is 11.1 Å². The first-order valence-corrected chi connectivity index (χ1v) is 9.40. The second-order valence-corrected chi connectivity index (χ2v) is 8.65. The normalized spacial score (nSPS) is 25.8. The molecule has 114 valence electrons. The minimum atomic E-state index is -2.91. The second-order valence-electron chi connectivity index (χ2n) is 5.91. The zero-order valence-corrected chi connectivity index (χ0v) is 13.2. The van der Waals surface area contributed by atoms with Crippen LogP contribution in [0.5, 0.6) is 0 Å². The van der Waals surface area contributed by atoms with Crippen molar-refractivity contribution in [3.8, 4) is 0 Å². The molecule has 1 aliphatic heterocycles. The molecular weight excluding hydrogens is 296 g/mol. The van der Waals surface area contributed by atoms with Crippen molar-refractivity contribution in [2.45, 2.75) is 51.0 Å². The molecule has 0 atom stereocenters. The molecule has 1 aliphatic carbocycles. The molecule has 1 heterocycles. The summed E-state index contributed by atoms with van der Waals surface area (Å²) in [7, 11) is -2.91. The molecule has 20 heavy (non-hydrogen) atoms. The summed E-state index contributed by atoms with van der Waals surface area (Å²) in [5.41, 5.74) is 5.11. The number of thiocarbonyl (C=S) groups is 1. The Balaban J connectivity index is 2.01. The van der Waals surface area contributed by atoms with Gasteiger partial charge in [0.05, 0.1) is 21.9 Å². The molecule has 1 amide bonds. The number of amides is 1. The smallest absolute Gasteiger partial charge is 0.233 e. The number of hydrogen-bond acceptors (Lipinski definition) is 4. The SMILES string of the molecule is NC(=S)C1(C(=O)NC2CCS(=O)(=O)CC2)CCCCC1. The van der Waals surface area contributed by atoms with Crippen molar-refractivity contribution in [2.24, 2.45) is 11.1 Å². The molecule has 2 rings (SSSR count). The average Bonchev–Trinajstić information content (AvgIpc) is 2.41. The summed E-state index contributed by atoms with van der Waals surface area (Å²) >= 11 is 5.13. The predicted molar refractivity (Wildman–Crippen MR) is 82.1 cm³/mol. The van der Waals surface area contributed by atoms with Crippen LogP contribution in [0, 0.1) is 5.41 Å². The van der Waals surface area contributed by atoms with Gasteiger partial charge in [-0.25, -0.2) is 8.42 Å². The largest absolute Gasteiger partial charge is 0.392 e. The lowest BCUT2D eigenvalue weighted by Gasteiger charge is -2.36. The van der Waals surface area contributed by atoms with Crippen molar-refractivity contribution in [1.29, 1.82) is 0 Å². The lowest BCUT2D eigenvalue weighted by molar-refractivity contribution is -0.129. The van der Waals surface area contributed by atoms with E-state index in [1.54, 1.807) is 0 Å². The monoisotopic (exact) mass is 318 g/mol. The van der Waals surface area contributed by atoms with E-state index in [1.165, 1.54) is 0 Å². The van der Waals surface area contributed by atoms with Crippen LogP contribution < -0.4 is 11.1 Å². The average molecular weight is 318 g/mol. The molecule has 2 fully saturated rings. The molecule has 1 saturated carbocycles. The number of nitrogens with two attached hydrogens (primary N) is 1. The Morgan fingerprint density at radius 1 is 1.15 bits per heavy atom. The van der Waals surface area contributed by atoms with Crippen LogP contribution in [0.4, 0.5) is 0 Å². The Morgan fingerprint density at radius 2 is 1.70 bits per heavy atom. The van der Waals surface area contributed by atoms with E-state index in [9.17, 15) is 13.2 Å². The first kappa shape index (κ1) is 15.7. The van der Waals surface area contributed by atoms with Gasteiger partial charge in [0, 0.05) is 6.04 Å². The van der Waals surface area contributed by atoms with E-state index in [-0.39, 0.29) is 28.4 Å². The number of nitrogens with one attached hydrogen (secondary N) is 1. The zero-order valence-electron chi connectivity index (χ0n) is 11.6. The van der Waals surface area contributed by atoms with Gasteiger partial charge >= 0.3 is 0 Å². The van der Waals surface area contributed by atoms with Crippen molar-refractivity contribution in [2.75, 3.05) is 11.5 Å². The molecule has 2 aliphatic rings. The third kappa shape index (κ3) is 3.31. The summed E-state index contributed by atoms with van der Waals surface area (Å²) < 4.78 is 22.8. The van der Waals surface area contributed by atoms with E-state index < -0.39 is 15.3 Å². The number of carbonyl (C=O) groups is 1. The lowest BCUT2D eigenvalue weighted by atomic mass is 9.73. The lowest BCUT2D eigenvalue weighted by Crippen LogP contribution is -2.53. The van der Waals surface area contributed by atoms with Crippen LogP contribution in [0.1, 0.15) is 44.9 Å². The van der Waals surface area contributed by atoms with Gasteiger partial charge in [-0.3, -0.25) is 4.79 Å². The third-order valence-electron chi connectivity index (χ3n) is 4.50. The Morgan fingerprint density at radius 3 is 2.20 bits per heavy atom. The maximum atomic E-state index is 12.6. The van der Waals surface area contributed by atoms with Crippen molar-refractivity contribution >= 4 is 33.0 Å². The van der Waals surface area contributed by atoms with E-state index in [4.69, 9.17) is 18.0 Å². The summed E-state index contributed by atoms with van der Waals surface area (Å²) in [6, 6.07) is -0.0702. The van der Waals surface area contributed by atoms with E-state index in [1.807, 2.05) is 0 Å². The number of carbonyl (C=O) groups excluding carboxylic acids is 1. The minimum Gasteiger partial charge on any atom is -0.392 e. The van der Waals surface area contributed by atoms with Gasteiger partial charge in [0.1, 0.15) is 9.84 Å². The molecule has 0 bridgehead atoms. The van der Waals surface area contributed by atoms with Crippen molar-refractivity contribution in [3.63, 3.8) is 0 Å². The first-order chi connectivity index (χ1) is 9.36. The van der Waals surface area contributed by atoms with Gasteiger partial charge in [0.25, 0.3) is 0 Å². The van der Waals surface area contributed by atoms with Gasteiger partial charge in [-0.1, -0.05) is 31.5 Å². The van der Waals surface area contributed by atoms with Crippen molar-refractivity contribution in [1.82, 2.24) is 5.32 Å². The van der Waals surface area contributed by atoms with Gasteiger partial charge in [-0.15, -0.1) is 0 Å². The molecule has 1 saturated heterocycles. The third-order valence-corrected chi connectivity index (χ3v) is 6.61. The van der Waals surface area contributed by atoms with Crippen molar-refractivity contribution in [3.05, 3.63) is 0 Å². The summed E-state index contributed by atoms with van der Waals surface area (Å²) in [6.45, 7) is 0. The topological polar surface area (TPSA) is 89.3 Å². The standard InChI is InChI=1S/C13H22N2O3S2/c14-11(19)13(6-2-1-3-7-13)12(16)15-10-4-8-20(17,18)9-5-10/h10H,1-9H2,(H2,14,19)(H,15,16). The molecule has 0 aromatic carbocycles. The van der Waals surface area contributed by atoms with Gasteiger partial charge in [-0.2, -0.15) is 0 Å². The number of sulfone groups is 1. The molecule has 0 aromatic heterocycles. The minimum absolute atomic E-state index is 0.0702. The molecule has 0 spiro atoms. The highest BCUT2D eigenvalue weighted by molar-refractivity contribution is 7.91. The van der Waals surface area contributed by atoms with Crippen LogP contribution in [0.15, 0.2) is 0 Å². The number of rotatable bonds is 3. The quantitative estimate of drug-likeness (QED) is 0.755. The highest BCUT2D eigenvalue weighted by Crippen LogP contribution is 2.37. The van der Waals surface area contributed by atoms with E-state index in [0.29, 0.717) is 25.7 Å². The Labute approximate surface area is 125 Å². The maximum Gasteiger partial charge on any atom is 0.233 e. The Kier molecular flexibility index (Phi) is 4.69. The van der Waals surface area contributed by atoms with Gasteiger partial charge in [0.15, 0.2) is 0 Å². The summed E-state index contributed by atoms with van der Waals surface area (Å²) in [4.78, 5) is 12.8. The zero-order chi connectivity index (χ0) is 14.8. The van der Waals surface area contributed by atoms with E-state index >= 15 is 0 Å². The molecule has 5 nitrogen and oxygen atoms in total. The summed E-state index contributed by atoms with van der Waals surface area (Å²) in [6.07, 6.45) is 5.42. The van der Waals surface area contributed by atoms with Crippen LogP contribution in [-0.4, -0.2) is 36.9 Å². The molecular formula is C13H22N2O3S2. The first-order valence-electron chi connectivity index (χ1n) is 7.17. The van der Waals surface area contributed by atoms with Crippen LogP contribution in [0.25, 0.3) is 0 Å². The maximum absolute atomic E-state index is 12.6. The molecule has 0 radical (unpaired) electrons. The molecule has 0 aromatic rings. The van der Waals surface area contributed by atoms with Crippen LogP contribution >= 0.6 is 12.2 Å². The van der Waals surface area contributed by atoms with Crippen LogP contribution in [0.2, 0.25) is 0 Å². The highest BCUT2D eigenvalue weighted by atomic mass is 32.2. The van der Waals surface area contributed by atoms with Gasteiger partial charge in [-0.05, 0) is 25.7 Å². The van der Waals surface area contributed by atoms with Gasteiger partial charge in [0.2, 0.25) is 5.91 Å². The molecule has 0 unspecified atom stereocenters. The summed E-state index contributed by atoms with van der Waals surface area (Å²) in [5, 5.41) is 2.98. The van der Waals surface area contributed by atoms with Crippen molar-refractivity contribution < 1.29 is 13.2 Å². The summed E-state index contributed by atoms with van der Waals surface area (Å²) in [5.74, 6) is 0.199. The van der Waals surface area contributed by atoms with E-state index in [0.717, 1.165) is 19.3 Å². The van der Waals surface area contributed by atoms with Crippen LogP contribution in [-0.2, 0) is 14.6 Å². The fourth-order valence-electron chi connectivity index (χ4n) is 3.10. The highest BCUT2D eigenvalue weighted by Gasteiger charge is 2.43.